The zero-order valence-corrected chi connectivity index (χ0v) is 22.5. The van der Waals surface area contributed by atoms with Crippen LogP contribution in [0.15, 0.2) is 72.8 Å². The van der Waals surface area contributed by atoms with Crippen LogP contribution in [0.1, 0.15) is 48.3 Å². The predicted octanol–water partition coefficient (Wildman–Crippen LogP) is 6.24. The summed E-state index contributed by atoms with van der Waals surface area (Å²) < 4.78 is 26.9. The molecule has 0 aliphatic carbocycles. The third-order valence-electron chi connectivity index (χ3n) is 7.25. The Morgan fingerprint density at radius 1 is 0.816 bits per heavy atom. The molecule has 202 valence electrons. The number of hydrogen-bond acceptors (Lipinski definition) is 3. The summed E-state index contributed by atoms with van der Waals surface area (Å²) in [5.74, 6) is -0.285. The van der Waals surface area contributed by atoms with Gasteiger partial charge in [0.2, 0.25) is 5.91 Å². The van der Waals surface area contributed by atoms with Crippen molar-refractivity contribution in [2.75, 3.05) is 39.3 Å². The van der Waals surface area contributed by atoms with E-state index in [2.05, 4.69) is 10.2 Å². The van der Waals surface area contributed by atoms with Crippen molar-refractivity contribution in [3.8, 4) is 0 Å². The average molecular weight is 540 g/mol. The van der Waals surface area contributed by atoms with Crippen molar-refractivity contribution in [3.05, 3.63) is 106 Å². The monoisotopic (exact) mass is 539 g/mol. The Balaban J connectivity index is 1.15. The molecule has 38 heavy (non-hydrogen) atoms. The molecule has 0 atom stereocenters. The lowest BCUT2D eigenvalue weighted by atomic mass is 9.87. The van der Waals surface area contributed by atoms with E-state index in [-0.39, 0.29) is 23.5 Å². The normalized spacial score (nSPS) is 14.3. The lowest BCUT2D eigenvalue weighted by molar-refractivity contribution is -0.133. The van der Waals surface area contributed by atoms with Crippen LogP contribution in [-0.2, 0) is 11.3 Å². The van der Waals surface area contributed by atoms with E-state index in [1.165, 1.54) is 29.8 Å². The zero-order valence-electron chi connectivity index (χ0n) is 21.7. The number of nitrogens with one attached hydrogen (secondary N) is 1. The number of piperazine rings is 1. The van der Waals surface area contributed by atoms with E-state index < -0.39 is 0 Å². The molecule has 1 aliphatic heterocycles. The van der Waals surface area contributed by atoms with Gasteiger partial charge in [-0.3, -0.25) is 9.69 Å². The molecule has 4 rings (SSSR count). The van der Waals surface area contributed by atoms with Gasteiger partial charge in [-0.1, -0.05) is 54.4 Å². The second-order valence-corrected chi connectivity index (χ2v) is 10.4. The Bertz CT molecular complexity index is 1090. The number of carbonyl (C=O) groups is 1. The Morgan fingerprint density at radius 2 is 1.39 bits per heavy atom. The predicted molar refractivity (Wildman–Crippen MR) is 149 cm³/mol. The Kier molecular flexibility index (Phi) is 10.7. The Labute approximate surface area is 229 Å². The summed E-state index contributed by atoms with van der Waals surface area (Å²) in [6, 6.07) is 20.9. The third-order valence-corrected chi connectivity index (χ3v) is 7.50. The maximum Gasteiger partial charge on any atom is 0.222 e. The van der Waals surface area contributed by atoms with Crippen LogP contribution in [0, 0.1) is 11.6 Å². The highest BCUT2D eigenvalue weighted by Gasteiger charge is 2.21. The van der Waals surface area contributed by atoms with Gasteiger partial charge < -0.3 is 10.2 Å². The van der Waals surface area contributed by atoms with Crippen LogP contribution < -0.4 is 5.32 Å². The van der Waals surface area contributed by atoms with E-state index in [0.717, 1.165) is 81.2 Å². The minimum Gasteiger partial charge on any atom is -0.340 e. The second kappa shape index (κ2) is 14.4. The molecule has 0 unspecified atom stereocenters. The standard InChI is InChI=1S/C31H36ClF2N3O/c32-27-11-5-24(6-12-27)23-35-17-18-36-19-21-37(22-20-36)31(38)4-2-1-3-30(25-7-13-28(33)14-8-25)26-9-15-29(34)16-10-26/h5-16,30,35H,1-4,17-23H2. The summed E-state index contributed by atoms with van der Waals surface area (Å²) in [5, 5.41) is 4.22. The summed E-state index contributed by atoms with van der Waals surface area (Å²) in [7, 11) is 0. The van der Waals surface area contributed by atoms with Gasteiger partial charge in [-0.25, -0.2) is 8.78 Å². The second-order valence-electron chi connectivity index (χ2n) is 9.93. The molecule has 3 aromatic rings. The van der Waals surface area contributed by atoms with Crippen LogP contribution in [0.3, 0.4) is 0 Å². The summed E-state index contributed by atoms with van der Waals surface area (Å²) in [4.78, 5) is 17.2. The molecule has 1 fully saturated rings. The lowest BCUT2D eigenvalue weighted by Gasteiger charge is -2.35. The van der Waals surface area contributed by atoms with Gasteiger partial charge in [0.1, 0.15) is 11.6 Å². The number of amides is 1. The molecule has 0 spiro atoms. The first-order chi connectivity index (χ1) is 18.5. The number of nitrogens with zero attached hydrogens (tertiary/aromatic N) is 2. The molecule has 0 aromatic heterocycles. The Hall–Kier alpha value is -2.80. The molecule has 1 saturated heterocycles. The fourth-order valence-electron chi connectivity index (χ4n) is 4.99. The first-order valence-electron chi connectivity index (χ1n) is 13.4. The molecule has 4 nitrogen and oxygen atoms in total. The fraction of sp³-hybridized carbons (Fsp3) is 0.387. The highest BCUT2D eigenvalue weighted by Crippen LogP contribution is 2.30. The van der Waals surface area contributed by atoms with Crippen molar-refractivity contribution in [2.45, 2.75) is 38.1 Å². The molecule has 0 bridgehead atoms. The molecular weight excluding hydrogens is 504 g/mol. The molecular formula is C31H36ClF2N3O. The van der Waals surface area contributed by atoms with E-state index in [9.17, 15) is 13.6 Å². The van der Waals surface area contributed by atoms with Crippen LogP contribution in [0.5, 0.6) is 0 Å². The SMILES string of the molecule is O=C(CCCCC(c1ccc(F)cc1)c1ccc(F)cc1)N1CCN(CCNCc2ccc(Cl)cc2)CC1. The Morgan fingerprint density at radius 3 is 1.97 bits per heavy atom. The zero-order chi connectivity index (χ0) is 26.7. The number of halogens is 3. The minimum atomic E-state index is -0.272. The van der Waals surface area contributed by atoms with E-state index in [4.69, 9.17) is 11.6 Å². The number of benzene rings is 3. The summed E-state index contributed by atoms with van der Waals surface area (Å²) in [5.41, 5.74) is 3.22. The highest BCUT2D eigenvalue weighted by atomic mass is 35.5. The van der Waals surface area contributed by atoms with Crippen molar-refractivity contribution >= 4 is 17.5 Å². The first kappa shape index (κ1) is 28.2. The fourth-order valence-corrected chi connectivity index (χ4v) is 5.12. The first-order valence-corrected chi connectivity index (χ1v) is 13.8. The maximum atomic E-state index is 13.5. The van der Waals surface area contributed by atoms with Gasteiger partial charge in [0.25, 0.3) is 0 Å². The van der Waals surface area contributed by atoms with E-state index >= 15 is 0 Å². The van der Waals surface area contributed by atoms with Crippen LogP contribution in [-0.4, -0.2) is 55.0 Å². The molecule has 0 saturated carbocycles. The van der Waals surface area contributed by atoms with Crippen LogP contribution in [0.25, 0.3) is 0 Å². The topological polar surface area (TPSA) is 35.6 Å². The van der Waals surface area contributed by atoms with Gasteiger partial charge in [-0.15, -0.1) is 0 Å². The number of carbonyl (C=O) groups excluding carboxylic acids is 1. The number of hydrogen-bond donors (Lipinski definition) is 1. The van der Waals surface area contributed by atoms with Crippen molar-refractivity contribution in [3.63, 3.8) is 0 Å². The van der Waals surface area contributed by atoms with Crippen molar-refractivity contribution in [1.29, 1.82) is 0 Å². The molecule has 1 N–H and O–H groups in total. The summed E-state index contributed by atoms with van der Waals surface area (Å²) in [6.45, 7) is 6.01. The van der Waals surface area contributed by atoms with Gasteiger partial charge in [0.05, 0.1) is 0 Å². The van der Waals surface area contributed by atoms with Crippen LogP contribution in [0.4, 0.5) is 8.78 Å². The van der Waals surface area contributed by atoms with E-state index in [1.807, 2.05) is 29.2 Å². The van der Waals surface area contributed by atoms with Gasteiger partial charge in [-0.05, 0) is 65.9 Å². The molecule has 7 heteroatoms. The van der Waals surface area contributed by atoms with Gasteiger partial charge >= 0.3 is 0 Å². The highest BCUT2D eigenvalue weighted by molar-refractivity contribution is 6.30. The maximum absolute atomic E-state index is 13.5. The van der Waals surface area contributed by atoms with Crippen molar-refractivity contribution in [1.82, 2.24) is 15.1 Å². The minimum absolute atomic E-state index is 0.0446. The van der Waals surface area contributed by atoms with Crippen molar-refractivity contribution < 1.29 is 13.6 Å². The molecule has 0 radical (unpaired) electrons. The molecule has 3 aromatic carbocycles. The largest absolute Gasteiger partial charge is 0.340 e. The van der Waals surface area contributed by atoms with E-state index in [1.54, 1.807) is 24.3 Å². The van der Waals surface area contributed by atoms with Crippen molar-refractivity contribution in [2.24, 2.45) is 0 Å². The average Bonchev–Trinajstić information content (AvgIpc) is 2.94. The molecule has 1 aliphatic rings. The molecule has 1 amide bonds. The molecule has 1 heterocycles. The van der Waals surface area contributed by atoms with Gasteiger partial charge in [0.15, 0.2) is 0 Å². The van der Waals surface area contributed by atoms with E-state index in [0.29, 0.717) is 6.42 Å². The van der Waals surface area contributed by atoms with Crippen LogP contribution >= 0.6 is 11.6 Å². The quantitative estimate of drug-likeness (QED) is 0.277. The number of unbranched alkanes of at least 4 members (excludes halogenated alkanes) is 1. The smallest absolute Gasteiger partial charge is 0.222 e. The van der Waals surface area contributed by atoms with Crippen LogP contribution in [0.2, 0.25) is 5.02 Å². The van der Waals surface area contributed by atoms with Gasteiger partial charge in [0, 0.05) is 63.2 Å². The lowest BCUT2D eigenvalue weighted by Crippen LogP contribution is -2.49. The third kappa shape index (κ3) is 8.62. The number of rotatable bonds is 12. The van der Waals surface area contributed by atoms with Gasteiger partial charge in [-0.2, -0.15) is 0 Å². The summed E-state index contributed by atoms with van der Waals surface area (Å²) >= 11 is 5.94. The summed E-state index contributed by atoms with van der Waals surface area (Å²) in [6.07, 6.45) is 3.01.